The van der Waals surface area contributed by atoms with E-state index in [4.69, 9.17) is 11.6 Å². The highest BCUT2D eigenvalue weighted by Gasteiger charge is 2.60. The smallest absolute Gasteiger partial charge is 0.251 e. The topological polar surface area (TPSA) is 87.2 Å². The molecule has 5 rings (SSSR count). The molecule has 1 aliphatic heterocycles. The highest BCUT2D eigenvalue weighted by molar-refractivity contribution is 6.31. The van der Waals surface area contributed by atoms with Crippen molar-refractivity contribution in [1.29, 1.82) is 0 Å². The fraction of sp³-hybridized carbons (Fsp3) is 0.400. The van der Waals surface area contributed by atoms with Crippen LogP contribution in [0, 0.1) is 5.82 Å². The summed E-state index contributed by atoms with van der Waals surface area (Å²) < 4.78 is 41.9. The summed E-state index contributed by atoms with van der Waals surface area (Å²) in [6, 6.07) is 13.2. The van der Waals surface area contributed by atoms with Crippen molar-refractivity contribution < 1.29 is 22.8 Å². The summed E-state index contributed by atoms with van der Waals surface area (Å²) in [6.07, 6.45) is 3.39. The second kappa shape index (κ2) is 11.7. The lowest BCUT2D eigenvalue weighted by Crippen LogP contribution is -2.63. The Kier molecular flexibility index (Phi) is 8.22. The minimum atomic E-state index is -2.77. The summed E-state index contributed by atoms with van der Waals surface area (Å²) in [5.74, 6) is -5.31. The van der Waals surface area contributed by atoms with Gasteiger partial charge in [-0.1, -0.05) is 35.9 Å². The van der Waals surface area contributed by atoms with Crippen LogP contribution in [0.15, 0.2) is 67.0 Å². The summed E-state index contributed by atoms with van der Waals surface area (Å²) in [4.78, 5) is 39.5. The van der Waals surface area contributed by atoms with Gasteiger partial charge in [0.2, 0.25) is 17.8 Å². The number of alkyl halides is 2. The van der Waals surface area contributed by atoms with E-state index in [0.29, 0.717) is 12.0 Å². The highest BCUT2D eigenvalue weighted by atomic mass is 35.5. The molecule has 3 atom stereocenters. The molecule has 2 amide bonds. The molecular weight excluding hydrogens is 555 g/mol. The number of hydrogen-bond acceptors (Lipinski definition) is 5. The summed E-state index contributed by atoms with van der Waals surface area (Å²) in [5, 5.41) is 6.06. The van der Waals surface area contributed by atoms with Crippen LogP contribution >= 0.6 is 11.6 Å². The van der Waals surface area contributed by atoms with E-state index in [2.05, 4.69) is 20.6 Å². The second-order valence-corrected chi connectivity index (χ2v) is 11.2. The third-order valence-electron chi connectivity index (χ3n) is 8.08. The fourth-order valence-corrected chi connectivity index (χ4v) is 6.34. The van der Waals surface area contributed by atoms with Gasteiger partial charge in [0.25, 0.3) is 5.91 Å². The first-order valence-electron chi connectivity index (χ1n) is 13.7. The molecule has 41 heavy (non-hydrogen) atoms. The molecule has 0 spiro atoms. The Morgan fingerprint density at radius 3 is 2.39 bits per heavy atom. The number of nitrogens with zero attached hydrogens (tertiary/aromatic N) is 3. The molecule has 0 radical (unpaired) electrons. The zero-order chi connectivity index (χ0) is 29.2. The second-order valence-electron chi connectivity index (χ2n) is 10.8. The number of rotatable bonds is 7. The van der Waals surface area contributed by atoms with Crippen LogP contribution in [0.5, 0.6) is 0 Å². The van der Waals surface area contributed by atoms with Crippen molar-refractivity contribution in [1.82, 2.24) is 15.3 Å². The Balaban J connectivity index is 1.64. The Bertz CT molecular complexity index is 1400. The average Bonchev–Trinajstić information content (AvgIpc) is 3.29. The molecule has 2 unspecified atom stereocenters. The van der Waals surface area contributed by atoms with Crippen molar-refractivity contribution >= 4 is 35.1 Å². The number of amides is 2. The third-order valence-corrected chi connectivity index (χ3v) is 8.42. The van der Waals surface area contributed by atoms with Gasteiger partial charge in [0, 0.05) is 48.0 Å². The number of nitrogens with one attached hydrogen (secondary N) is 2. The molecule has 2 fully saturated rings. The van der Waals surface area contributed by atoms with Gasteiger partial charge in [-0.05, 0) is 68.5 Å². The molecule has 1 aromatic heterocycles. The van der Waals surface area contributed by atoms with Gasteiger partial charge < -0.3 is 15.5 Å². The van der Waals surface area contributed by atoms with Crippen LogP contribution in [-0.4, -0.2) is 45.3 Å². The van der Waals surface area contributed by atoms with Crippen molar-refractivity contribution in [2.45, 2.75) is 74.9 Å². The van der Waals surface area contributed by atoms with Gasteiger partial charge in [0.1, 0.15) is 11.4 Å². The molecule has 2 N–H and O–H groups in total. The van der Waals surface area contributed by atoms with Crippen LogP contribution in [0.1, 0.15) is 56.9 Å². The Morgan fingerprint density at radius 1 is 1.00 bits per heavy atom. The average molecular weight is 586 g/mol. The zero-order valence-electron chi connectivity index (χ0n) is 22.5. The maximum Gasteiger partial charge on any atom is 0.251 e. The summed E-state index contributed by atoms with van der Waals surface area (Å²) in [5.41, 5.74) is -0.978. The van der Waals surface area contributed by atoms with Gasteiger partial charge in [0.05, 0.1) is 5.92 Å². The van der Waals surface area contributed by atoms with Crippen LogP contribution < -0.4 is 15.5 Å². The van der Waals surface area contributed by atoms with Gasteiger partial charge in [-0.15, -0.1) is 0 Å². The van der Waals surface area contributed by atoms with Crippen molar-refractivity contribution in [2.24, 2.45) is 0 Å². The van der Waals surface area contributed by atoms with Crippen molar-refractivity contribution in [3.05, 3.63) is 83.4 Å². The molecule has 1 saturated heterocycles. The van der Waals surface area contributed by atoms with Gasteiger partial charge in [-0.3, -0.25) is 9.59 Å². The van der Waals surface area contributed by atoms with Gasteiger partial charge in [0.15, 0.2) is 0 Å². The van der Waals surface area contributed by atoms with E-state index in [-0.39, 0.29) is 54.8 Å². The van der Waals surface area contributed by atoms with E-state index < -0.39 is 41.1 Å². The first-order valence-corrected chi connectivity index (χ1v) is 14.0. The maximum absolute atomic E-state index is 14.5. The predicted octanol–water partition coefficient (Wildman–Crippen LogP) is 6.11. The number of aromatic nitrogens is 2. The molecule has 3 aromatic rings. The number of benzene rings is 2. The van der Waals surface area contributed by atoms with Gasteiger partial charge in [-0.2, -0.15) is 0 Å². The quantitative estimate of drug-likeness (QED) is 0.349. The van der Waals surface area contributed by atoms with Crippen LogP contribution in [0.25, 0.3) is 0 Å². The molecule has 1 aliphatic carbocycles. The summed E-state index contributed by atoms with van der Waals surface area (Å²) in [7, 11) is 0. The lowest BCUT2D eigenvalue weighted by Gasteiger charge is -2.44. The molecular formula is C30H31ClF3N5O2. The normalized spacial score (nSPS) is 23.1. The van der Waals surface area contributed by atoms with Crippen molar-refractivity contribution in [2.75, 3.05) is 10.2 Å². The molecule has 0 bridgehead atoms. The lowest BCUT2D eigenvalue weighted by atomic mass is 9.75. The monoisotopic (exact) mass is 585 g/mol. The van der Waals surface area contributed by atoms with Crippen LogP contribution in [-0.2, 0) is 9.59 Å². The summed E-state index contributed by atoms with van der Waals surface area (Å²) >= 11 is 6.69. The molecule has 216 valence electrons. The Morgan fingerprint density at radius 2 is 1.71 bits per heavy atom. The number of halogens is 4. The molecule has 1 saturated carbocycles. The molecule has 7 nitrogen and oxygen atoms in total. The first kappa shape index (κ1) is 28.9. The summed E-state index contributed by atoms with van der Waals surface area (Å²) in [6.45, 7) is 1.92. The minimum absolute atomic E-state index is 0.110. The lowest BCUT2D eigenvalue weighted by molar-refractivity contribution is -0.131. The molecule has 11 heteroatoms. The first-order chi connectivity index (χ1) is 19.6. The molecule has 2 heterocycles. The van der Waals surface area contributed by atoms with Crippen molar-refractivity contribution in [3.63, 3.8) is 0 Å². The Labute approximate surface area is 241 Å². The van der Waals surface area contributed by atoms with Gasteiger partial charge >= 0.3 is 0 Å². The number of anilines is 2. The van der Waals surface area contributed by atoms with Crippen LogP contribution in [0.3, 0.4) is 0 Å². The Hall–Kier alpha value is -3.66. The number of hydrogen-bond donors (Lipinski definition) is 2. The molecule has 2 aliphatic rings. The van der Waals surface area contributed by atoms with E-state index in [1.54, 1.807) is 53.7 Å². The van der Waals surface area contributed by atoms with E-state index in [9.17, 15) is 22.8 Å². The van der Waals surface area contributed by atoms with E-state index in [1.807, 2.05) is 6.92 Å². The van der Waals surface area contributed by atoms with Crippen LogP contribution in [0.4, 0.5) is 24.8 Å². The number of carbonyl (C=O) groups is 2. The zero-order valence-corrected chi connectivity index (χ0v) is 23.3. The highest BCUT2D eigenvalue weighted by Crippen LogP contribution is 2.48. The SMILES string of the molecule is CC1CCC(C(=O)Nc2cccc(F)c2)([C@H](C(=O)NC2CCC(F)(F)CC2)c2ccccc2Cl)N1c1ncccn1. The standard InChI is InChI=1S/C30H31ClF3N5O2/c1-19-10-15-30(39(19)28-35-16-5-17-36-28,27(41)38-22-7-4-6-20(32)18-22)25(23-8-2-3-9-24(23)31)26(40)37-21-11-13-29(33,34)14-12-21/h2-9,16-19,21,25H,10-15H2,1H3,(H,37,40)(H,38,41)/t19?,25-,30?/m0/s1. The largest absolute Gasteiger partial charge is 0.353 e. The van der Waals surface area contributed by atoms with Crippen molar-refractivity contribution in [3.8, 4) is 0 Å². The van der Waals surface area contributed by atoms with E-state index in [1.165, 1.54) is 18.2 Å². The van der Waals surface area contributed by atoms with E-state index in [0.717, 1.165) is 0 Å². The third kappa shape index (κ3) is 5.88. The van der Waals surface area contributed by atoms with E-state index >= 15 is 0 Å². The predicted molar refractivity (Wildman–Crippen MR) is 151 cm³/mol. The minimum Gasteiger partial charge on any atom is -0.353 e. The molecule has 2 aromatic carbocycles. The maximum atomic E-state index is 14.5. The van der Waals surface area contributed by atoms with Gasteiger partial charge in [-0.25, -0.2) is 23.1 Å². The fourth-order valence-electron chi connectivity index (χ4n) is 6.10. The number of carbonyl (C=O) groups excluding carboxylic acids is 2. The van der Waals surface area contributed by atoms with Crippen LogP contribution in [0.2, 0.25) is 5.02 Å².